The zero-order valence-electron chi connectivity index (χ0n) is 15.5. The summed E-state index contributed by atoms with van der Waals surface area (Å²) >= 11 is 0. The third kappa shape index (κ3) is 3.68. The Morgan fingerprint density at radius 3 is 2.44 bits per heavy atom. The molecule has 0 aliphatic heterocycles. The minimum absolute atomic E-state index is 0.663. The molecule has 5 nitrogen and oxygen atoms in total. The lowest BCUT2D eigenvalue weighted by Crippen LogP contribution is -2.19. The van der Waals surface area contributed by atoms with Gasteiger partial charge >= 0.3 is 0 Å². The van der Waals surface area contributed by atoms with Crippen LogP contribution in [-0.2, 0) is 0 Å². The fourth-order valence-corrected chi connectivity index (χ4v) is 2.97. The van der Waals surface area contributed by atoms with Gasteiger partial charge in [0.25, 0.3) is 0 Å². The van der Waals surface area contributed by atoms with Crippen molar-refractivity contribution in [1.29, 1.82) is 0 Å². The maximum atomic E-state index is 5.78. The average Bonchev–Trinajstić information content (AvgIpc) is 3.09. The number of benzene rings is 2. The largest absolute Gasteiger partial charge is 0.492 e. The molecule has 2 aromatic heterocycles. The quantitative estimate of drug-likeness (QED) is 0.522. The van der Waals surface area contributed by atoms with E-state index < -0.39 is 0 Å². The van der Waals surface area contributed by atoms with Crippen molar-refractivity contribution >= 4 is 11.0 Å². The zero-order valence-corrected chi connectivity index (χ0v) is 15.5. The molecule has 0 atom stereocenters. The molecule has 2 heterocycles. The van der Waals surface area contributed by atoms with Crippen LogP contribution in [0.3, 0.4) is 0 Å². The van der Waals surface area contributed by atoms with Crippen molar-refractivity contribution in [3.8, 4) is 22.7 Å². The summed E-state index contributed by atoms with van der Waals surface area (Å²) in [6.45, 7) is 1.55. The number of likely N-dealkylation sites (N-methyl/N-ethyl adjacent to an activating group) is 1. The van der Waals surface area contributed by atoms with Gasteiger partial charge in [0.15, 0.2) is 5.65 Å². The Hall–Kier alpha value is -3.18. The molecular weight excluding hydrogens is 336 g/mol. The Morgan fingerprint density at radius 1 is 0.926 bits per heavy atom. The maximum Gasteiger partial charge on any atom is 0.163 e. The number of rotatable bonds is 6. The Morgan fingerprint density at radius 2 is 1.70 bits per heavy atom. The highest BCUT2D eigenvalue weighted by Crippen LogP contribution is 2.28. The summed E-state index contributed by atoms with van der Waals surface area (Å²) in [5.74, 6) is 0.855. The van der Waals surface area contributed by atoms with Gasteiger partial charge in [0, 0.05) is 23.7 Å². The van der Waals surface area contributed by atoms with Crippen molar-refractivity contribution in [3.63, 3.8) is 0 Å². The summed E-state index contributed by atoms with van der Waals surface area (Å²) in [7, 11) is 4.07. The molecular formula is C22H22N4O. The molecule has 0 bridgehead atoms. The molecule has 0 fully saturated rings. The van der Waals surface area contributed by atoms with Crippen LogP contribution >= 0.6 is 0 Å². The summed E-state index contributed by atoms with van der Waals surface area (Å²) in [6.07, 6.45) is 1.80. The topological polar surface area (TPSA) is 43.2 Å². The van der Waals surface area contributed by atoms with Crippen LogP contribution in [0.2, 0.25) is 0 Å². The SMILES string of the molecule is CN(C)CCOc1ccc(-n2nc(-c3ccccc3)c3cccnc32)cc1. The summed E-state index contributed by atoms with van der Waals surface area (Å²) in [5.41, 5.74) is 3.82. The third-order valence-corrected chi connectivity index (χ3v) is 4.38. The van der Waals surface area contributed by atoms with E-state index in [1.165, 1.54) is 0 Å². The fourth-order valence-electron chi connectivity index (χ4n) is 2.97. The van der Waals surface area contributed by atoms with Gasteiger partial charge in [0.2, 0.25) is 0 Å². The van der Waals surface area contributed by atoms with E-state index in [9.17, 15) is 0 Å². The zero-order chi connectivity index (χ0) is 18.6. The normalized spacial score (nSPS) is 11.2. The standard InChI is InChI=1S/C22H22N4O/c1-25(2)15-16-27-19-12-10-18(11-13-19)26-22-20(9-6-14-23-22)21(24-26)17-7-4-3-5-8-17/h3-14H,15-16H2,1-2H3. The molecule has 4 rings (SSSR count). The fraction of sp³-hybridized carbons (Fsp3) is 0.182. The van der Waals surface area contributed by atoms with Gasteiger partial charge < -0.3 is 9.64 Å². The first kappa shape index (κ1) is 17.2. The predicted octanol–water partition coefficient (Wildman–Crippen LogP) is 4.03. The van der Waals surface area contributed by atoms with E-state index in [0.29, 0.717) is 6.61 Å². The molecule has 0 amide bonds. The Kier molecular flexibility index (Phi) is 4.85. The Balaban J connectivity index is 1.68. The molecule has 5 heteroatoms. The van der Waals surface area contributed by atoms with E-state index in [0.717, 1.165) is 40.3 Å². The van der Waals surface area contributed by atoms with Crippen LogP contribution in [-0.4, -0.2) is 46.9 Å². The molecule has 0 saturated carbocycles. The summed E-state index contributed by atoms with van der Waals surface area (Å²) in [6, 6.07) is 22.2. The number of fused-ring (bicyclic) bond motifs is 1. The Labute approximate surface area is 158 Å². The number of ether oxygens (including phenoxy) is 1. The van der Waals surface area contributed by atoms with Crippen LogP contribution in [0.1, 0.15) is 0 Å². The highest BCUT2D eigenvalue weighted by molar-refractivity contribution is 5.91. The van der Waals surface area contributed by atoms with E-state index >= 15 is 0 Å². The van der Waals surface area contributed by atoms with Gasteiger partial charge in [-0.2, -0.15) is 5.10 Å². The van der Waals surface area contributed by atoms with Crippen LogP contribution in [0.25, 0.3) is 28.0 Å². The van der Waals surface area contributed by atoms with Gasteiger partial charge in [-0.05, 0) is 50.5 Å². The van der Waals surface area contributed by atoms with Crippen LogP contribution in [0.15, 0.2) is 72.9 Å². The lowest BCUT2D eigenvalue weighted by atomic mass is 10.1. The first-order valence-corrected chi connectivity index (χ1v) is 8.99. The van der Waals surface area contributed by atoms with E-state index in [1.807, 2.05) is 67.3 Å². The highest BCUT2D eigenvalue weighted by Gasteiger charge is 2.14. The second-order valence-electron chi connectivity index (χ2n) is 6.65. The minimum atomic E-state index is 0.663. The molecule has 0 radical (unpaired) electrons. The number of hydrogen-bond acceptors (Lipinski definition) is 4. The van der Waals surface area contributed by atoms with Crippen LogP contribution in [0.4, 0.5) is 0 Å². The first-order chi connectivity index (χ1) is 13.2. The molecule has 4 aromatic rings. The van der Waals surface area contributed by atoms with Crippen molar-refractivity contribution < 1.29 is 4.74 Å². The molecule has 2 aromatic carbocycles. The van der Waals surface area contributed by atoms with E-state index in [4.69, 9.17) is 9.84 Å². The molecule has 0 aliphatic rings. The lowest BCUT2D eigenvalue weighted by molar-refractivity contribution is 0.261. The lowest BCUT2D eigenvalue weighted by Gasteiger charge is -2.11. The van der Waals surface area contributed by atoms with Gasteiger partial charge in [-0.1, -0.05) is 30.3 Å². The smallest absolute Gasteiger partial charge is 0.163 e. The molecule has 0 N–H and O–H groups in total. The van der Waals surface area contributed by atoms with Gasteiger partial charge in [-0.25, -0.2) is 9.67 Å². The van der Waals surface area contributed by atoms with Crippen molar-refractivity contribution in [2.75, 3.05) is 27.2 Å². The monoisotopic (exact) mass is 358 g/mol. The molecule has 0 aliphatic carbocycles. The van der Waals surface area contributed by atoms with Gasteiger partial charge in [0.1, 0.15) is 18.1 Å². The summed E-state index contributed by atoms with van der Waals surface area (Å²) < 4.78 is 7.67. The Bertz CT molecular complexity index is 1020. The van der Waals surface area contributed by atoms with Crippen LogP contribution in [0, 0.1) is 0 Å². The molecule has 0 spiro atoms. The maximum absolute atomic E-state index is 5.78. The number of hydrogen-bond donors (Lipinski definition) is 0. The van der Waals surface area contributed by atoms with E-state index in [1.54, 1.807) is 6.20 Å². The second-order valence-corrected chi connectivity index (χ2v) is 6.65. The average molecular weight is 358 g/mol. The molecule has 136 valence electrons. The van der Waals surface area contributed by atoms with Crippen molar-refractivity contribution in [2.45, 2.75) is 0 Å². The summed E-state index contributed by atoms with van der Waals surface area (Å²) in [5, 5.41) is 5.89. The summed E-state index contributed by atoms with van der Waals surface area (Å²) in [4.78, 5) is 6.66. The molecule has 0 unspecified atom stereocenters. The molecule has 27 heavy (non-hydrogen) atoms. The van der Waals surface area contributed by atoms with E-state index in [2.05, 4.69) is 28.1 Å². The molecule has 0 saturated heterocycles. The van der Waals surface area contributed by atoms with Gasteiger partial charge in [0.05, 0.1) is 5.69 Å². The number of nitrogens with zero attached hydrogens (tertiary/aromatic N) is 4. The van der Waals surface area contributed by atoms with E-state index in [-0.39, 0.29) is 0 Å². The number of aromatic nitrogens is 3. The van der Waals surface area contributed by atoms with Crippen molar-refractivity contribution in [3.05, 3.63) is 72.9 Å². The predicted molar refractivity (Wildman–Crippen MR) is 108 cm³/mol. The van der Waals surface area contributed by atoms with Crippen LogP contribution in [0.5, 0.6) is 5.75 Å². The van der Waals surface area contributed by atoms with Crippen molar-refractivity contribution in [2.24, 2.45) is 0 Å². The highest BCUT2D eigenvalue weighted by atomic mass is 16.5. The van der Waals surface area contributed by atoms with Gasteiger partial charge in [-0.15, -0.1) is 0 Å². The third-order valence-electron chi connectivity index (χ3n) is 4.38. The van der Waals surface area contributed by atoms with Crippen LogP contribution < -0.4 is 4.74 Å². The first-order valence-electron chi connectivity index (χ1n) is 8.99. The van der Waals surface area contributed by atoms with Gasteiger partial charge in [-0.3, -0.25) is 0 Å². The minimum Gasteiger partial charge on any atom is -0.492 e. The second kappa shape index (κ2) is 7.60. The van der Waals surface area contributed by atoms with Crippen molar-refractivity contribution in [1.82, 2.24) is 19.7 Å². The number of pyridine rings is 1.